The lowest BCUT2D eigenvalue weighted by Crippen LogP contribution is -2.46. The molecule has 3 rings (SSSR count). The van der Waals surface area contributed by atoms with Gasteiger partial charge in [0.1, 0.15) is 0 Å². The van der Waals surface area contributed by atoms with Gasteiger partial charge in [-0.2, -0.15) is 0 Å². The van der Waals surface area contributed by atoms with Crippen LogP contribution in [0.1, 0.15) is 44.9 Å². The van der Waals surface area contributed by atoms with Crippen LogP contribution in [0, 0.1) is 5.92 Å². The van der Waals surface area contributed by atoms with Crippen LogP contribution < -0.4 is 5.32 Å². The van der Waals surface area contributed by atoms with Gasteiger partial charge < -0.3 is 10.2 Å². The first-order valence-corrected chi connectivity index (χ1v) is 8.53. The molecule has 0 radical (unpaired) electrons. The fourth-order valence-electron chi connectivity index (χ4n) is 3.41. The number of likely N-dealkylation sites (tertiary alicyclic amines) is 2. The first-order valence-electron chi connectivity index (χ1n) is 8.53. The molecule has 0 bridgehead atoms. The zero-order chi connectivity index (χ0) is 14.7. The minimum atomic E-state index is 0.151. The van der Waals surface area contributed by atoms with E-state index in [-0.39, 0.29) is 11.8 Å². The van der Waals surface area contributed by atoms with Crippen molar-refractivity contribution in [3.63, 3.8) is 0 Å². The number of hydrogen-bond donors (Lipinski definition) is 1. The SMILES string of the molecule is O=C(CN1CCC(C(=O)N2CCCCC2)CC1)NC1CC1. The molecule has 3 aliphatic rings. The first kappa shape index (κ1) is 14.8. The summed E-state index contributed by atoms with van der Waals surface area (Å²) in [5, 5.41) is 3.03. The quantitative estimate of drug-likeness (QED) is 0.841. The average molecular weight is 293 g/mol. The van der Waals surface area contributed by atoms with Crippen LogP contribution >= 0.6 is 0 Å². The zero-order valence-corrected chi connectivity index (χ0v) is 12.9. The van der Waals surface area contributed by atoms with Crippen LogP contribution in [0.25, 0.3) is 0 Å². The van der Waals surface area contributed by atoms with E-state index in [0.717, 1.165) is 64.7 Å². The summed E-state index contributed by atoms with van der Waals surface area (Å²) < 4.78 is 0. The van der Waals surface area contributed by atoms with E-state index in [1.807, 2.05) is 0 Å². The van der Waals surface area contributed by atoms with Crippen LogP contribution in [0.3, 0.4) is 0 Å². The molecule has 5 heteroatoms. The van der Waals surface area contributed by atoms with Crippen LogP contribution in [-0.2, 0) is 9.59 Å². The van der Waals surface area contributed by atoms with Gasteiger partial charge in [-0.3, -0.25) is 14.5 Å². The predicted octanol–water partition coefficient (Wildman–Crippen LogP) is 0.989. The molecule has 2 amide bonds. The molecule has 3 fully saturated rings. The molecular weight excluding hydrogens is 266 g/mol. The molecule has 2 aliphatic heterocycles. The number of hydrogen-bond acceptors (Lipinski definition) is 3. The molecule has 0 unspecified atom stereocenters. The number of nitrogens with zero attached hydrogens (tertiary/aromatic N) is 2. The molecule has 0 spiro atoms. The van der Waals surface area contributed by atoms with Crippen molar-refractivity contribution < 1.29 is 9.59 Å². The van der Waals surface area contributed by atoms with Crippen molar-refractivity contribution in [1.29, 1.82) is 0 Å². The Morgan fingerprint density at radius 2 is 1.57 bits per heavy atom. The number of piperidine rings is 2. The maximum atomic E-state index is 12.5. The summed E-state index contributed by atoms with van der Waals surface area (Å²) in [7, 11) is 0. The van der Waals surface area contributed by atoms with Crippen LogP contribution in [0.15, 0.2) is 0 Å². The number of rotatable bonds is 4. The van der Waals surface area contributed by atoms with Gasteiger partial charge in [-0.1, -0.05) is 0 Å². The van der Waals surface area contributed by atoms with Crippen molar-refractivity contribution in [2.24, 2.45) is 5.92 Å². The van der Waals surface area contributed by atoms with E-state index in [1.165, 1.54) is 6.42 Å². The summed E-state index contributed by atoms with van der Waals surface area (Å²) in [6, 6.07) is 0.440. The van der Waals surface area contributed by atoms with Gasteiger partial charge in [-0.15, -0.1) is 0 Å². The number of carbonyl (C=O) groups excluding carboxylic acids is 2. The highest BCUT2D eigenvalue weighted by Gasteiger charge is 2.30. The Hall–Kier alpha value is -1.10. The summed E-state index contributed by atoms with van der Waals surface area (Å²) >= 11 is 0. The summed E-state index contributed by atoms with van der Waals surface area (Å²) in [5.74, 6) is 0.695. The van der Waals surface area contributed by atoms with E-state index in [0.29, 0.717) is 18.5 Å². The van der Waals surface area contributed by atoms with Crippen LogP contribution in [0.5, 0.6) is 0 Å². The minimum Gasteiger partial charge on any atom is -0.352 e. The van der Waals surface area contributed by atoms with Gasteiger partial charge in [0.05, 0.1) is 6.54 Å². The van der Waals surface area contributed by atoms with Crippen molar-refractivity contribution in [2.75, 3.05) is 32.7 Å². The van der Waals surface area contributed by atoms with Crippen LogP contribution in [-0.4, -0.2) is 60.4 Å². The van der Waals surface area contributed by atoms with Crippen molar-refractivity contribution in [2.45, 2.75) is 51.0 Å². The van der Waals surface area contributed by atoms with Crippen molar-refractivity contribution >= 4 is 11.8 Å². The second-order valence-electron chi connectivity index (χ2n) is 6.78. The average Bonchev–Trinajstić information content (AvgIpc) is 3.32. The highest BCUT2D eigenvalue weighted by atomic mass is 16.2. The molecule has 0 atom stereocenters. The number of nitrogens with one attached hydrogen (secondary N) is 1. The Morgan fingerprint density at radius 3 is 2.19 bits per heavy atom. The third-order valence-corrected chi connectivity index (χ3v) is 4.91. The van der Waals surface area contributed by atoms with Crippen LogP contribution in [0.2, 0.25) is 0 Å². The van der Waals surface area contributed by atoms with E-state index >= 15 is 0 Å². The molecule has 1 saturated carbocycles. The van der Waals surface area contributed by atoms with E-state index in [1.54, 1.807) is 0 Å². The third kappa shape index (κ3) is 4.19. The van der Waals surface area contributed by atoms with Gasteiger partial charge in [0, 0.05) is 25.0 Å². The zero-order valence-electron chi connectivity index (χ0n) is 12.9. The van der Waals surface area contributed by atoms with E-state index < -0.39 is 0 Å². The highest BCUT2D eigenvalue weighted by molar-refractivity contribution is 5.80. The summed E-state index contributed by atoms with van der Waals surface area (Å²) in [6.07, 6.45) is 7.67. The third-order valence-electron chi connectivity index (χ3n) is 4.91. The molecule has 1 N–H and O–H groups in total. The monoisotopic (exact) mass is 293 g/mol. The summed E-state index contributed by atoms with van der Waals surface area (Å²) in [4.78, 5) is 28.5. The lowest BCUT2D eigenvalue weighted by atomic mass is 9.94. The molecule has 118 valence electrons. The maximum Gasteiger partial charge on any atom is 0.234 e. The maximum absolute atomic E-state index is 12.5. The van der Waals surface area contributed by atoms with Gasteiger partial charge >= 0.3 is 0 Å². The minimum absolute atomic E-state index is 0.151. The second-order valence-corrected chi connectivity index (χ2v) is 6.78. The Balaban J connectivity index is 1.39. The summed E-state index contributed by atoms with van der Waals surface area (Å²) in [5.41, 5.74) is 0. The topological polar surface area (TPSA) is 52.7 Å². The Bertz CT molecular complexity index is 381. The molecule has 2 heterocycles. The van der Waals surface area contributed by atoms with E-state index in [4.69, 9.17) is 0 Å². The molecule has 1 aliphatic carbocycles. The van der Waals surface area contributed by atoms with Crippen molar-refractivity contribution in [3.05, 3.63) is 0 Å². The fraction of sp³-hybridized carbons (Fsp3) is 0.875. The Morgan fingerprint density at radius 1 is 0.905 bits per heavy atom. The summed E-state index contributed by atoms with van der Waals surface area (Å²) in [6.45, 7) is 4.15. The lowest BCUT2D eigenvalue weighted by molar-refractivity contribution is -0.138. The predicted molar refractivity (Wildman–Crippen MR) is 80.8 cm³/mol. The molecule has 0 aromatic rings. The van der Waals surface area contributed by atoms with Gasteiger partial charge in [0.15, 0.2) is 0 Å². The molecule has 0 aromatic heterocycles. The molecule has 5 nitrogen and oxygen atoms in total. The smallest absolute Gasteiger partial charge is 0.234 e. The second kappa shape index (κ2) is 6.77. The first-order chi connectivity index (χ1) is 10.2. The molecular formula is C16H27N3O2. The normalized spacial score (nSPS) is 24.9. The highest BCUT2D eigenvalue weighted by Crippen LogP contribution is 2.22. The molecule has 2 saturated heterocycles. The van der Waals surface area contributed by atoms with Gasteiger partial charge in [-0.05, 0) is 58.0 Å². The number of carbonyl (C=O) groups is 2. The standard InChI is InChI=1S/C16H27N3O2/c20-15(17-14-4-5-14)12-18-10-6-13(7-11-18)16(21)19-8-2-1-3-9-19/h13-14H,1-12H2,(H,17,20). The fourth-order valence-corrected chi connectivity index (χ4v) is 3.41. The molecule has 21 heavy (non-hydrogen) atoms. The molecule has 0 aromatic carbocycles. The van der Waals surface area contributed by atoms with Crippen molar-refractivity contribution in [3.8, 4) is 0 Å². The van der Waals surface area contributed by atoms with E-state index in [2.05, 4.69) is 15.1 Å². The Labute approximate surface area is 127 Å². The van der Waals surface area contributed by atoms with Crippen LogP contribution in [0.4, 0.5) is 0 Å². The lowest BCUT2D eigenvalue weighted by Gasteiger charge is -2.35. The largest absolute Gasteiger partial charge is 0.352 e. The van der Waals surface area contributed by atoms with Gasteiger partial charge in [-0.25, -0.2) is 0 Å². The van der Waals surface area contributed by atoms with Gasteiger partial charge in [0.2, 0.25) is 11.8 Å². The van der Waals surface area contributed by atoms with E-state index in [9.17, 15) is 9.59 Å². The Kier molecular flexibility index (Phi) is 4.78. The van der Waals surface area contributed by atoms with Gasteiger partial charge in [0.25, 0.3) is 0 Å². The number of amides is 2. The van der Waals surface area contributed by atoms with Crippen molar-refractivity contribution in [1.82, 2.24) is 15.1 Å².